The van der Waals surface area contributed by atoms with Crippen LogP contribution in [0.2, 0.25) is 0 Å². The van der Waals surface area contributed by atoms with E-state index in [-0.39, 0.29) is 32.3 Å². The first kappa shape index (κ1) is 33.0. The zero-order valence-electron chi connectivity index (χ0n) is 23.6. The van der Waals surface area contributed by atoms with E-state index < -0.39 is 23.7 Å². The van der Waals surface area contributed by atoms with Crippen LogP contribution in [0.4, 0.5) is 0 Å². The molecule has 0 saturated carbocycles. The maximum absolute atomic E-state index is 13.0. The molecule has 41 heavy (non-hydrogen) atoms. The van der Waals surface area contributed by atoms with Gasteiger partial charge in [0.25, 0.3) is 0 Å². The number of carboxylic acid groups (broad SMARTS) is 1. The van der Waals surface area contributed by atoms with Crippen LogP contribution in [0.1, 0.15) is 47.4 Å². The highest BCUT2D eigenvalue weighted by Crippen LogP contribution is 2.56. The Labute approximate surface area is 240 Å². The highest BCUT2D eigenvalue weighted by molar-refractivity contribution is 5.78. The van der Waals surface area contributed by atoms with Gasteiger partial charge >= 0.3 is 5.97 Å². The third-order valence-electron chi connectivity index (χ3n) is 6.86. The summed E-state index contributed by atoms with van der Waals surface area (Å²) in [6.45, 7) is 8.64. The lowest BCUT2D eigenvalue weighted by molar-refractivity contribution is -0.142. The summed E-state index contributed by atoms with van der Waals surface area (Å²) in [5, 5.41) is 20.0. The van der Waals surface area contributed by atoms with Crippen molar-refractivity contribution in [2.24, 2.45) is 5.92 Å². The van der Waals surface area contributed by atoms with Gasteiger partial charge in [0.1, 0.15) is 23.9 Å². The van der Waals surface area contributed by atoms with Crippen molar-refractivity contribution >= 4 is 5.97 Å². The van der Waals surface area contributed by atoms with Crippen molar-refractivity contribution in [2.45, 2.75) is 25.2 Å². The number of rotatable bonds is 10. The summed E-state index contributed by atoms with van der Waals surface area (Å²) in [7, 11) is 1.56. The predicted octanol–water partition coefficient (Wildman–Crippen LogP) is 5.69. The molecule has 0 spiro atoms. The standard InChI is InChI=1S/C29H30O8.C2H4.2H3N/c1-3-11-34-19-6-7-20-22(14-19)27(21-8-5-18(33-2)15-24(21)35-12-10-30)28(29(31)32)26(20)17-4-9-23-25(13-17)37-16-36-23;1-2;;/h4-9,13-15,26-28,30H,3,10-12,16H2,1-2H3,(H,31,32);1-2H2;2*1H3/t26-,27+,28+;;;/m0.../s1. The quantitative estimate of drug-likeness (QED) is 0.222. The molecule has 0 aromatic heterocycles. The second-order valence-corrected chi connectivity index (χ2v) is 9.05. The first-order chi connectivity index (χ1) is 19.0. The minimum Gasteiger partial charge on any atom is -0.497 e. The first-order valence-corrected chi connectivity index (χ1v) is 12.9. The van der Waals surface area contributed by atoms with E-state index in [1.807, 2.05) is 49.4 Å². The monoisotopic (exact) mass is 568 g/mol. The molecule has 0 saturated heterocycles. The van der Waals surface area contributed by atoms with E-state index in [2.05, 4.69) is 13.2 Å². The van der Waals surface area contributed by atoms with Crippen LogP contribution in [0, 0.1) is 5.92 Å². The zero-order chi connectivity index (χ0) is 27.9. The number of aliphatic hydroxyl groups is 1. The molecule has 10 nitrogen and oxygen atoms in total. The topological polar surface area (TPSA) is 174 Å². The maximum Gasteiger partial charge on any atom is 0.308 e. The van der Waals surface area contributed by atoms with Gasteiger partial charge in [0.15, 0.2) is 11.5 Å². The first-order valence-electron chi connectivity index (χ1n) is 12.9. The molecule has 222 valence electrons. The average Bonchev–Trinajstić information content (AvgIpc) is 3.57. The van der Waals surface area contributed by atoms with Crippen molar-refractivity contribution < 1.29 is 38.7 Å². The van der Waals surface area contributed by atoms with Crippen LogP contribution in [-0.4, -0.2) is 49.9 Å². The summed E-state index contributed by atoms with van der Waals surface area (Å²) in [4.78, 5) is 13.0. The fraction of sp³-hybridized carbons (Fsp3) is 0.323. The largest absolute Gasteiger partial charge is 0.497 e. The van der Waals surface area contributed by atoms with Gasteiger partial charge in [-0.05, 0) is 53.4 Å². The molecule has 0 unspecified atom stereocenters. The molecule has 5 rings (SSSR count). The zero-order valence-corrected chi connectivity index (χ0v) is 23.6. The number of benzene rings is 3. The van der Waals surface area contributed by atoms with E-state index in [4.69, 9.17) is 23.7 Å². The molecule has 0 bridgehead atoms. The number of methoxy groups -OCH3 is 1. The normalized spacial score (nSPS) is 17.6. The van der Waals surface area contributed by atoms with Gasteiger partial charge in [-0.3, -0.25) is 4.79 Å². The van der Waals surface area contributed by atoms with Gasteiger partial charge in [0.05, 0.1) is 26.2 Å². The Morgan fingerprint density at radius 3 is 2.27 bits per heavy atom. The minimum atomic E-state index is -0.927. The summed E-state index contributed by atoms with van der Waals surface area (Å²) in [6, 6.07) is 16.8. The van der Waals surface area contributed by atoms with Crippen LogP contribution in [0.15, 0.2) is 67.8 Å². The smallest absolute Gasteiger partial charge is 0.308 e. The van der Waals surface area contributed by atoms with Gasteiger partial charge in [-0.2, -0.15) is 0 Å². The number of aliphatic carboxylic acids is 1. The van der Waals surface area contributed by atoms with Gasteiger partial charge in [-0.1, -0.05) is 25.1 Å². The average molecular weight is 569 g/mol. The van der Waals surface area contributed by atoms with E-state index in [0.717, 1.165) is 23.1 Å². The summed E-state index contributed by atoms with van der Waals surface area (Å²) in [6.07, 6.45) is 0.857. The van der Waals surface area contributed by atoms with Crippen molar-refractivity contribution in [1.82, 2.24) is 12.3 Å². The molecule has 3 aromatic carbocycles. The summed E-state index contributed by atoms with van der Waals surface area (Å²) in [5.41, 5.74) is 3.31. The molecule has 3 atom stereocenters. The van der Waals surface area contributed by atoms with Gasteiger partial charge in [0, 0.05) is 23.5 Å². The second kappa shape index (κ2) is 14.9. The number of carboxylic acids is 1. The lowest BCUT2D eigenvalue weighted by atomic mass is 9.79. The summed E-state index contributed by atoms with van der Waals surface area (Å²) in [5.74, 6) is 0.246. The molecule has 0 fully saturated rings. The molecule has 2 aliphatic rings. The molecule has 8 N–H and O–H groups in total. The summed E-state index contributed by atoms with van der Waals surface area (Å²) >= 11 is 0. The fourth-order valence-electron chi connectivity index (χ4n) is 5.31. The lowest BCUT2D eigenvalue weighted by Crippen LogP contribution is -2.24. The van der Waals surface area contributed by atoms with Crippen LogP contribution in [0.25, 0.3) is 0 Å². The van der Waals surface area contributed by atoms with Crippen molar-refractivity contribution in [3.63, 3.8) is 0 Å². The van der Waals surface area contributed by atoms with Crippen LogP contribution in [0.5, 0.6) is 28.7 Å². The molecular formula is C31H40N2O8. The fourth-order valence-corrected chi connectivity index (χ4v) is 5.31. The predicted molar refractivity (Wildman–Crippen MR) is 156 cm³/mol. The molecule has 1 heterocycles. The third-order valence-corrected chi connectivity index (χ3v) is 6.86. The number of carbonyl (C=O) groups is 1. The van der Waals surface area contributed by atoms with E-state index >= 15 is 0 Å². The third kappa shape index (κ3) is 6.57. The van der Waals surface area contributed by atoms with E-state index in [0.29, 0.717) is 40.9 Å². The number of fused-ring (bicyclic) bond motifs is 2. The number of aliphatic hydroxyl groups excluding tert-OH is 1. The Hall–Kier alpha value is -4.25. The van der Waals surface area contributed by atoms with Crippen molar-refractivity contribution in [1.29, 1.82) is 0 Å². The van der Waals surface area contributed by atoms with E-state index in [1.165, 1.54) is 0 Å². The van der Waals surface area contributed by atoms with Crippen LogP contribution >= 0.6 is 0 Å². The van der Waals surface area contributed by atoms with Gasteiger partial charge in [-0.15, -0.1) is 13.2 Å². The lowest BCUT2D eigenvalue weighted by Gasteiger charge is -2.25. The molecule has 0 radical (unpaired) electrons. The molecule has 1 aliphatic carbocycles. The van der Waals surface area contributed by atoms with E-state index in [1.54, 1.807) is 19.2 Å². The second-order valence-electron chi connectivity index (χ2n) is 9.05. The molecular weight excluding hydrogens is 528 g/mol. The van der Waals surface area contributed by atoms with Crippen LogP contribution in [-0.2, 0) is 4.79 Å². The number of ether oxygens (including phenoxy) is 5. The minimum absolute atomic E-state index is 0. The van der Waals surface area contributed by atoms with Gasteiger partial charge in [0.2, 0.25) is 6.79 Å². The molecule has 3 aromatic rings. The highest BCUT2D eigenvalue weighted by Gasteiger charge is 2.48. The molecule has 1 aliphatic heterocycles. The van der Waals surface area contributed by atoms with Crippen LogP contribution in [0.3, 0.4) is 0 Å². The SMILES string of the molecule is C=C.CCCOc1ccc2c(c1)[C@@H](c1ccc(OC)cc1OCCO)[C@H](C(=O)O)[C@H]2c1ccc2c(c1)OCO2.N.N. The Kier molecular flexibility index (Phi) is 12.0. The Bertz CT molecular complexity index is 1320. The number of hydrogen-bond acceptors (Lipinski definition) is 9. The maximum atomic E-state index is 13.0. The van der Waals surface area contributed by atoms with Crippen molar-refractivity contribution in [3.8, 4) is 28.7 Å². The Balaban J connectivity index is 0.00000144. The van der Waals surface area contributed by atoms with Crippen molar-refractivity contribution in [2.75, 3.05) is 33.7 Å². The summed E-state index contributed by atoms with van der Waals surface area (Å²) < 4.78 is 28.3. The van der Waals surface area contributed by atoms with Gasteiger partial charge in [-0.25, -0.2) is 0 Å². The van der Waals surface area contributed by atoms with Crippen molar-refractivity contribution in [3.05, 3.63) is 90.0 Å². The molecule has 0 amide bonds. The Morgan fingerprint density at radius 2 is 1.59 bits per heavy atom. The highest BCUT2D eigenvalue weighted by atomic mass is 16.7. The van der Waals surface area contributed by atoms with Crippen LogP contribution < -0.4 is 36.0 Å². The number of hydrogen-bond donors (Lipinski definition) is 4. The van der Waals surface area contributed by atoms with Gasteiger partial charge < -0.3 is 46.2 Å². The molecule has 10 heteroatoms. The Morgan fingerprint density at radius 1 is 0.878 bits per heavy atom. The van der Waals surface area contributed by atoms with E-state index in [9.17, 15) is 15.0 Å².